The van der Waals surface area contributed by atoms with E-state index in [1.807, 2.05) is 37.1 Å². The topological polar surface area (TPSA) is 64.3 Å². The molecule has 0 saturated carbocycles. The number of hydrogen-bond acceptors (Lipinski definition) is 3. The molecule has 0 aliphatic rings. The Bertz CT molecular complexity index is 979. The fraction of sp³-hybridized carbons (Fsp3) is 0.250. The van der Waals surface area contributed by atoms with Crippen molar-refractivity contribution in [2.45, 2.75) is 33.4 Å². The van der Waals surface area contributed by atoms with Crippen molar-refractivity contribution in [3.05, 3.63) is 66.9 Å². The number of imidazole rings is 3. The third-order valence-corrected chi connectivity index (χ3v) is 4.54. The summed E-state index contributed by atoms with van der Waals surface area (Å²) in [6.45, 7) is 5.82. The van der Waals surface area contributed by atoms with E-state index in [0.29, 0.717) is 0 Å². The first kappa shape index (κ1) is 16.3. The zero-order chi connectivity index (χ0) is 17.9. The van der Waals surface area contributed by atoms with Crippen molar-refractivity contribution in [2.75, 3.05) is 0 Å². The van der Waals surface area contributed by atoms with E-state index < -0.39 is 0 Å². The van der Waals surface area contributed by atoms with E-state index in [1.165, 1.54) is 0 Å². The molecular formula is C20H22N6. The van der Waals surface area contributed by atoms with Crippen molar-refractivity contribution in [3.63, 3.8) is 0 Å². The lowest BCUT2D eigenvalue weighted by atomic mass is 10.1. The van der Waals surface area contributed by atoms with Crippen LogP contribution >= 0.6 is 0 Å². The second-order valence-corrected chi connectivity index (χ2v) is 6.31. The lowest BCUT2D eigenvalue weighted by Gasteiger charge is -2.10. The van der Waals surface area contributed by atoms with Crippen molar-refractivity contribution in [1.29, 1.82) is 0 Å². The van der Waals surface area contributed by atoms with Crippen LogP contribution in [0.2, 0.25) is 0 Å². The van der Waals surface area contributed by atoms with Crippen molar-refractivity contribution in [1.82, 2.24) is 29.1 Å². The molecule has 0 radical (unpaired) electrons. The van der Waals surface area contributed by atoms with Gasteiger partial charge in [-0.15, -0.1) is 0 Å². The smallest absolute Gasteiger partial charge is 0.110 e. The van der Waals surface area contributed by atoms with Crippen LogP contribution in [0, 0.1) is 6.92 Å². The summed E-state index contributed by atoms with van der Waals surface area (Å²) in [7, 11) is 0. The molecule has 3 heterocycles. The highest BCUT2D eigenvalue weighted by molar-refractivity contribution is 5.77. The third-order valence-electron chi connectivity index (χ3n) is 4.54. The van der Waals surface area contributed by atoms with Gasteiger partial charge >= 0.3 is 0 Å². The van der Waals surface area contributed by atoms with Crippen LogP contribution in [-0.2, 0) is 19.5 Å². The number of benzene rings is 1. The Morgan fingerprint density at radius 3 is 2.58 bits per heavy atom. The van der Waals surface area contributed by atoms with E-state index in [1.54, 1.807) is 6.20 Å². The molecule has 4 aromatic rings. The monoisotopic (exact) mass is 346 g/mol. The predicted molar refractivity (Wildman–Crippen MR) is 102 cm³/mol. The van der Waals surface area contributed by atoms with Gasteiger partial charge in [0, 0.05) is 43.2 Å². The van der Waals surface area contributed by atoms with E-state index in [9.17, 15) is 0 Å². The van der Waals surface area contributed by atoms with Crippen molar-refractivity contribution >= 4 is 0 Å². The number of hydrogen-bond donors (Lipinski definition) is 1. The van der Waals surface area contributed by atoms with Crippen LogP contribution in [0.1, 0.15) is 18.4 Å². The second-order valence-electron chi connectivity index (χ2n) is 6.31. The third kappa shape index (κ3) is 3.06. The van der Waals surface area contributed by atoms with Gasteiger partial charge in [-0.3, -0.25) is 0 Å². The maximum absolute atomic E-state index is 4.83. The molecule has 0 amide bonds. The highest BCUT2D eigenvalue weighted by atomic mass is 15.1. The molecule has 6 heteroatoms. The van der Waals surface area contributed by atoms with Gasteiger partial charge in [-0.25, -0.2) is 15.0 Å². The Hall–Kier alpha value is -3.15. The van der Waals surface area contributed by atoms with E-state index >= 15 is 0 Å². The van der Waals surface area contributed by atoms with Crippen LogP contribution in [0.5, 0.6) is 0 Å². The molecule has 0 atom stereocenters. The van der Waals surface area contributed by atoms with Crippen molar-refractivity contribution in [2.24, 2.45) is 0 Å². The number of nitrogens with one attached hydrogen (secondary N) is 1. The zero-order valence-corrected chi connectivity index (χ0v) is 15.1. The molecule has 0 spiro atoms. The zero-order valence-electron chi connectivity index (χ0n) is 15.1. The Labute approximate surface area is 152 Å². The first-order valence-electron chi connectivity index (χ1n) is 8.88. The summed E-state index contributed by atoms with van der Waals surface area (Å²) in [4.78, 5) is 17.1. The Morgan fingerprint density at radius 2 is 1.88 bits per heavy atom. The van der Waals surface area contributed by atoms with E-state index in [2.05, 4.69) is 45.1 Å². The highest BCUT2D eigenvalue weighted by Crippen LogP contribution is 2.32. The van der Waals surface area contributed by atoms with Gasteiger partial charge in [0.2, 0.25) is 0 Å². The summed E-state index contributed by atoms with van der Waals surface area (Å²) in [5, 5.41) is 0. The number of aromatic nitrogens is 6. The van der Waals surface area contributed by atoms with Crippen LogP contribution in [0.3, 0.4) is 0 Å². The molecule has 4 rings (SSSR count). The molecule has 0 fully saturated rings. The molecule has 0 saturated heterocycles. The lowest BCUT2D eigenvalue weighted by Crippen LogP contribution is -2.07. The molecule has 132 valence electrons. The SMILES string of the molecule is CCc1nc(-c2c(-c3ccccc3)ncn2CCn2ccnc2)c(C)[nH]1. The maximum atomic E-state index is 4.83. The minimum atomic E-state index is 0.805. The van der Waals surface area contributed by atoms with Gasteiger partial charge in [0.15, 0.2) is 0 Å². The van der Waals surface area contributed by atoms with Gasteiger partial charge in [-0.05, 0) is 6.92 Å². The van der Waals surface area contributed by atoms with Crippen LogP contribution in [-0.4, -0.2) is 29.1 Å². The van der Waals surface area contributed by atoms with Gasteiger partial charge in [-0.1, -0.05) is 37.3 Å². The van der Waals surface area contributed by atoms with E-state index in [4.69, 9.17) is 9.97 Å². The molecule has 1 N–H and O–H groups in total. The van der Waals surface area contributed by atoms with Crippen LogP contribution in [0.4, 0.5) is 0 Å². The quantitative estimate of drug-likeness (QED) is 0.579. The molecule has 1 aromatic carbocycles. The van der Waals surface area contributed by atoms with Crippen LogP contribution < -0.4 is 0 Å². The maximum Gasteiger partial charge on any atom is 0.110 e. The molecule has 6 nitrogen and oxygen atoms in total. The summed E-state index contributed by atoms with van der Waals surface area (Å²) < 4.78 is 4.26. The molecule has 0 aliphatic carbocycles. The van der Waals surface area contributed by atoms with E-state index in [0.717, 1.165) is 53.7 Å². The van der Waals surface area contributed by atoms with Gasteiger partial charge < -0.3 is 14.1 Å². The summed E-state index contributed by atoms with van der Waals surface area (Å²) in [5.41, 5.74) is 5.18. The molecule has 0 bridgehead atoms. The Kier molecular flexibility index (Phi) is 4.39. The first-order chi connectivity index (χ1) is 12.8. The number of H-pyrrole nitrogens is 1. The number of aryl methyl sites for hydroxylation is 4. The minimum Gasteiger partial charge on any atom is -0.346 e. The van der Waals surface area contributed by atoms with Crippen molar-refractivity contribution < 1.29 is 0 Å². The molecule has 26 heavy (non-hydrogen) atoms. The van der Waals surface area contributed by atoms with Crippen LogP contribution in [0.25, 0.3) is 22.6 Å². The number of nitrogens with zero attached hydrogens (tertiary/aromatic N) is 5. The average molecular weight is 346 g/mol. The van der Waals surface area contributed by atoms with E-state index in [-0.39, 0.29) is 0 Å². The fourth-order valence-electron chi connectivity index (χ4n) is 3.17. The summed E-state index contributed by atoms with van der Waals surface area (Å²) >= 11 is 0. The predicted octanol–water partition coefficient (Wildman–Crippen LogP) is 3.71. The summed E-state index contributed by atoms with van der Waals surface area (Å²) in [6.07, 6.45) is 8.40. The van der Waals surface area contributed by atoms with Gasteiger partial charge in [-0.2, -0.15) is 0 Å². The van der Waals surface area contributed by atoms with Gasteiger partial charge in [0.05, 0.1) is 24.0 Å². The Morgan fingerprint density at radius 1 is 1.04 bits per heavy atom. The van der Waals surface area contributed by atoms with Gasteiger partial charge in [0.1, 0.15) is 11.5 Å². The Balaban J connectivity index is 1.79. The number of aromatic amines is 1. The standard InChI is InChI=1S/C20H22N6/c1-3-17-23-15(2)18(24-17)20-19(16-7-5-4-6-8-16)22-14-26(20)12-11-25-10-9-21-13-25/h4-10,13-14H,3,11-12H2,1-2H3,(H,23,24). The van der Waals surface area contributed by atoms with Crippen LogP contribution in [0.15, 0.2) is 55.4 Å². The largest absolute Gasteiger partial charge is 0.346 e. The molecule has 0 unspecified atom stereocenters. The average Bonchev–Trinajstić information content (AvgIpc) is 3.40. The number of rotatable bonds is 6. The summed E-state index contributed by atoms with van der Waals surface area (Å²) in [5.74, 6) is 0.999. The fourth-order valence-corrected chi connectivity index (χ4v) is 3.17. The summed E-state index contributed by atoms with van der Waals surface area (Å²) in [6, 6.07) is 10.3. The van der Waals surface area contributed by atoms with Crippen molar-refractivity contribution in [3.8, 4) is 22.6 Å². The normalized spacial score (nSPS) is 11.2. The molecular weight excluding hydrogens is 324 g/mol. The first-order valence-corrected chi connectivity index (χ1v) is 8.88. The second kappa shape index (κ2) is 7.00. The lowest BCUT2D eigenvalue weighted by molar-refractivity contribution is 0.581. The molecule has 0 aliphatic heterocycles. The minimum absolute atomic E-state index is 0.805. The highest BCUT2D eigenvalue weighted by Gasteiger charge is 2.19. The molecule has 3 aromatic heterocycles. The van der Waals surface area contributed by atoms with Gasteiger partial charge in [0.25, 0.3) is 0 Å².